The van der Waals surface area contributed by atoms with Crippen LogP contribution in [0, 0.1) is 0 Å². The predicted octanol–water partition coefficient (Wildman–Crippen LogP) is 1.72. The third kappa shape index (κ3) is 5.62. The standard InChI is InChI=1S/2C14H15.2ClH.Hf/c2*1-3-12-7-9-13(10-8-12)14-6-4-5-11(14)2;;;/h2*6-10H,3-4H2,1-2H3;2*1H;/q;;;;+2/p-2. The molecule has 0 aliphatic heterocycles. The number of rotatable bonds is 6. The Hall–Kier alpha value is -1.15. The molecule has 0 fully saturated rings. The maximum Gasteiger partial charge on any atom is -1.00 e. The van der Waals surface area contributed by atoms with Gasteiger partial charge in [-0.15, -0.1) is 0 Å². The van der Waals surface area contributed by atoms with E-state index in [1.54, 1.807) is 17.8 Å². The minimum Gasteiger partial charge on any atom is -1.00 e. The number of allylic oxidation sites excluding steroid dienone is 8. The van der Waals surface area contributed by atoms with E-state index in [0.29, 0.717) is 0 Å². The fourth-order valence-electron chi connectivity index (χ4n) is 4.33. The molecule has 4 rings (SSSR count). The molecule has 0 bridgehead atoms. The van der Waals surface area contributed by atoms with E-state index in [1.807, 2.05) is 0 Å². The molecule has 3 heteroatoms. The summed E-state index contributed by atoms with van der Waals surface area (Å²) in [6.07, 6.45) is 9.52. The molecule has 31 heavy (non-hydrogen) atoms. The van der Waals surface area contributed by atoms with Gasteiger partial charge in [0.25, 0.3) is 0 Å². The Morgan fingerprint density at radius 3 is 1.29 bits per heavy atom. The van der Waals surface area contributed by atoms with Gasteiger partial charge in [0.1, 0.15) is 0 Å². The molecule has 0 unspecified atom stereocenters. The van der Waals surface area contributed by atoms with Crippen molar-refractivity contribution in [3.63, 3.8) is 0 Å². The summed E-state index contributed by atoms with van der Waals surface area (Å²) in [4.78, 5) is 0. The molecule has 160 valence electrons. The normalized spacial score (nSPS) is 15.2. The van der Waals surface area contributed by atoms with Crippen molar-refractivity contribution >= 4 is 11.1 Å². The third-order valence-corrected chi connectivity index (χ3v) is 12.7. The van der Waals surface area contributed by atoms with Crippen molar-refractivity contribution in [1.29, 1.82) is 0 Å². The topological polar surface area (TPSA) is 0 Å². The zero-order chi connectivity index (χ0) is 20.4. The van der Waals surface area contributed by atoms with E-state index in [0.717, 1.165) is 12.8 Å². The molecule has 0 spiro atoms. The van der Waals surface area contributed by atoms with Crippen molar-refractivity contribution in [3.8, 4) is 0 Å². The van der Waals surface area contributed by atoms with Gasteiger partial charge in [0.15, 0.2) is 0 Å². The molecular weight excluding hydrogens is 586 g/mol. The molecule has 0 saturated heterocycles. The third-order valence-electron chi connectivity index (χ3n) is 6.38. The number of hydrogen-bond donors (Lipinski definition) is 0. The summed E-state index contributed by atoms with van der Waals surface area (Å²) >= 11 is -0.966. The Morgan fingerprint density at radius 1 is 0.613 bits per heavy atom. The van der Waals surface area contributed by atoms with E-state index in [4.69, 9.17) is 0 Å². The van der Waals surface area contributed by atoms with E-state index in [9.17, 15) is 0 Å². The summed E-state index contributed by atoms with van der Waals surface area (Å²) < 4.78 is 3.56. The Kier molecular flexibility index (Phi) is 9.80. The van der Waals surface area contributed by atoms with E-state index >= 15 is 0 Å². The van der Waals surface area contributed by atoms with E-state index in [2.05, 4.69) is 88.4 Å². The molecule has 2 aliphatic rings. The van der Waals surface area contributed by atoms with Crippen LogP contribution >= 0.6 is 0 Å². The van der Waals surface area contributed by atoms with Gasteiger partial charge in [-0.25, -0.2) is 0 Å². The largest absolute Gasteiger partial charge is 1.00 e. The summed E-state index contributed by atoms with van der Waals surface area (Å²) in [7, 11) is 0. The molecule has 0 saturated carbocycles. The summed E-state index contributed by atoms with van der Waals surface area (Å²) in [5.41, 5.74) is 11.7. The molecule has 2 aromatic carbocycles. The van der Waals surface area contributed by atoms with Crippen molar-refractivity contribution in [3.05, 3.63) is 101 Å². The molecule has 0 radical (unpaired) electrons. The first-order valence-electron chi connectivity index (χ1n) is 10.9. The fourth-order valence-corrected chi connectivity index (χ4v) is 9.42. The van der Waals surface area contributed by atoms with Gasteiger partial charge in [-0.05, 0) is 0 Å². The van der Waals surface area contributed by atoms with Crippen molar-refractivity contribution in [1.82, 2.24) is 0 Å². The maximum atomic E-state index is 2.47. The molecule has 2 aromatic rings. The minimum absolute atomic E-state index is 0. The molecule has 0 aromatic heterocycles. The van der Waals surface area contributed by atoms with Crippen LogP contribution < -0.4 is 24.8 Å². The summed E-state index contributed by atoms with van der Waals surface area (Å²) in [5, 5.41) is 0. The van der Waals surface area contributed by atoms with Crippen molar-refractivity contribution in [2.24, 2.45) is 0 Å². The van der Waals surface area contributed by atoms with Crippen LogP contribution in [-0.4, -0.2) is 0 Å². The first-order valence-corrected chi connectivity index (χ1v) is 14.5. The Balaban J connectivity index is 0.00000171. The van der Waals surface area contributed by atoms with Crippen LogP contribution in [0.5, 0.6) is 0 Å². The zero-order valence-corrected chi connectivity index (χ0v) is 24.0. The Morgan fingerprint density at radius 2 is 0.968 bits per heavy atom. The molecular formula is C28H30Cl2Hf. The van der Waals surface area contributed by atoms with Crippen molar-refractivity contribution in [2.45, 2.75) is 53.4 Å². The van der Waals surface area contributed by atoms with Gasteiger partial charge in [-0.2, -0.15) is 0 Å². The number of halogens is 2. The predicted molar refractivity (Wildman–Crippen MR) is 122 cm³/mol. The molecule has 0 heterocycles. The first-order chi connectivity index (χ1) is 14.1. The van der Waals surface area contributed by atoms with Gasteiger partial charge in [-0.3, -0.25) is 0 Å². The SMILES string of the molecule is CCc1ccc(C2=CC[C]([Hf+2][C]3=C(C)C(c4ccc(CC)cc4)=CC3)=C2C)cc1.[Cl-].[Cl-]. The van der Waals surface area contributed by atoms with Gasteiger partial charge < -0.3 is 24.8 Å². The average Bonchev–Trinajstić information content (AvgIpc) is 3.31. The van der Waals surface area contributed by atoms with Crippen LogP contribution in [0.2, 0.25) is 0 Å². The van der Waals surface area contributed by atoms with Crippen LogP contribution in [0.3, 0.4) is 0 Å². The Bertz CT molecular complexity index is 950. The van der Waals surface area contributed by atoms with Crippen molar-refractivity contribution in [2.75, 3.05) is 0 Å². The number of benzene rings is 2. The van der Waals surface area contributed by atoms with Crippen molar-refractivity contribution < 1.29 is 47.7 Å². The van der Waals surface area contributed by atoms with E-state index in [1.165, 1.54) is 46.2 Å². The van der Waals surface area contributed by atoms with E-state index in [-0.39, 0.29) is 24.8 Å². The average molecular weight is 616 g/mol. The van der Waals surface area contributed by atoms with Crippen LogP contribution in [0.25, 0.3) is 11.1 Å². The van der Waals surface area contributed by atoms with Crippen LogP contribution in [0.4, 0.5) is 0 Å². The molecule has 0 nitrogen and oxygen atoms in total. The summed E-state index contributed by atoms with van der Waals surface area (Å²) in [6, 6.07) is 18.4. The second-order valence-electron chi connectivity index (χ2n) is 8.08. The second-order valence-corrected chi connectivity index (χ2v) is 13.3. The van der Waals surface area contributed by atoms with Gasteiger partial charge in [0.2, 0.25) is 0 Å². The monoisotopic (exact) mass is 616 g/mol. The molecule has 2 aliphatic carbocycles. The number of hydrogen-bond acceptors (Lipinski definition) is 0. The van der Waals surface area contributed by atoms with Gasteiger partial charge >= 0.3 is 188 Å². The fraction of sp³-hybridized carbons (Fsp3) is 0.286. The molecule has 0 atom stereocenters. The quantitative estimate of drug-likeness (QED) is 0.435. The van der Waals surface area contributed by atoms with Gasteiger partial charge in [0, 0.05) is 0 Å². The van der Waals surface area contributed by atoms with Gasteiger partial charge in [-0.1, -0.05) is 0 Å². The zero-order valence-electron chi connectivity index (χ0n) is 18.9. The summed E-state index contributed by atoms with van der Waals surface area (Å²) in [5.74, 6) is 0. The van der Waals surface area contributed by atoms with Crippen LogP contribution in [0.15, 0.2) is 78.5 Å². The second kappa shape index (κ2) is 11.6. The van der Waals surface area contributed by atoms with Crippen LogP contribution in [-0.2, 0) is 35.7 Å². The minimum atomic E-state index is -0.966. The Labute approximate surface area is 211 Å². The smallest absolute Gasteiger partial charge is 1.00 e. The van der Waals surface area contributed by atoms with Gasteiger partial charge in [0.05, 0.1) is 0 Å². The van der Waals surface area contributed by atoms with Crippen LogP contribution in [0.1, 0.15) is 62.8 Å². The first kappa shape index (κ1) is 26.1. The molecule has 0 N–H and O–H groups in total. The molecule has 0 amide bonds. The van der Waals surface area contributed by atoms with E-state index < -0.39 is 22.9 Å². The summed E-state index contributed by atoms with van der Waals surface area (Å²) in [6.45, 7) is 9.16. The number of aryl methyl sites for hydroxylation is 2. The maximum absolute atomic E-state index is 2.47.